The molecule has 1 aromatic carbocycles. The molecule has 0 saturated heterocycles. The minimum atomic E-state index is 0.0795. The van der Waals surface area contributed by atoms with Crippen molar-refractivity contribution in [3.05, 3.63) is 42.0 Å². The summed E-state index contributed by atoms with van der Waals surface area (Å²) in [4.78, 5) is 12.2. The summed E-state index contributed by atoms with van der Waals surface area (Å²) in [5.74, 6) is 0.590. The van der Waals surface area contributed by atoms with Crippen molar-refractivity contribution < 1.29 is 4.79 Å². The molecule has 1 aromatic rings. The molecular formula is C16H21NO. The molecule has 0 bridgehead atoms. The average molecular weight is 243 g/mol. The number of hydrogen-bond donors (Lipinski definition) is 1. The lowest BCUT2D eigenvalue weighted by atomic mass is 10.1. The van der Waals surface area contributed by atoms with E-state index in [0.717, 1.165) is 5.69 Å². The normalized spacial score (nSPS) is 24.2. The van der Waals surface area contributed by atoms with E-state index >= 15 is 0 Å². The molecule has 1 saturated carbocycles. The van der Waals surface area contributed by atoms with Gasteiger partial charge < -0.3 is 5.32 Å². The van der Waals surface area contributed by atoms with Crippen molar-refractivity contribution in [2.45, 2.75) is 27.7 Å². The standard InChI is InChI=1S/C16H21NO/c1-11(2)10-13-14(16(13,3)4)15(18)17-12-8-6-5-7-9-12/h5-10,13-14H,1-4H3,(H,17,18)/t13-,14-/m1/s1. The number of carbonyl (C=O) groups excluding carboxylic acids is 1. The van der Waals surface area contributed by atoms with Gasteiger partial charge in [0.05, 0.1) is 5.92 Å². The van der Waals surface area contributed by atoms with Crippen LogP contribution in [-0.4, -0.2) is 5.91 Å². The Hall–Kier alpha value is -1.57. The number of hydrogen-bond acceptors (Lipinski definition) is 1. The van der Waals surface area contributed by atoms with Gasteiger partial charge in [0.2, 0.25) is 5.91 Å². The Bertz CT molecular complexity index is 469. The molecule has 2 heteroatoms. The number of anilines is 1. The van der Waals surface area contributed by atoms with Gasteiger partial charge in [0.1, 0.15) is 0 Å². The van der Waals surface area contributed by atoms with Gasteiger partial charge in [0.25, 0.3) is 0 Å². The van der Waals surface area contributed by atoms with Crippen LogP contribution in [0.1, 0.15) is 27.7 Å². The van der Waals surface area contributed by atoms with E-state index in [9.17, 15) is 4.79 Å². The number of allylic oxidation sites excluding steroid dienone is 2. The molecule has 96 valence electrons. The maximum absolute atomic E-state index is 12.2. The maximum atomic E-state index is 12.2. The first-order valence-electron chi connectivity index (χ1n) is 6.44. The van der Waals surface area contributed by atoms with Crippen molar-refractivity contribution in [2.24, 2.45) is 17.3 Å². The second kappa shape index (κ2) is 4.60. The molecule has 2 rings (SSSR count). The topological polar surface area (TPSA) is 29.1 Å². The van der Waals surface area contributed by atoms with Crippen LogP contribution in [0, 0.1) is 17.3 Å². The molecule has 0 aromatic heterocycles. The largest absolute Gasteiger partial charge is 0.326 e. The van der Waals surface area contributed by atoms with Crippen molar-refractivity contribution in [2.75, 3.05) is 5.32 Å². The van der Waals surface area contributed by atoms with Gasteiger partial charge in [-0.3, -0.25) is 4.79 Å². The molecule has 0 aliphatic heterocycles. The SMILES string of the molecule is CC(C)=C[C@@H]1[C@H](C(=O)Nc2ccccc2)C1(C)C. The number of benzene rings is 1. The maximum Gasteiger partial charge on any atom is 0.228 e. The highest BCUT2D eigenvalue weighted by Crippen LogP contribution is 2.59. The molecular weight excluding hydrogens is 222 g/mol. The highest BCUT2D eigenvalue weighted by Gasteiger charge is 2.60. The molecule has 0 radical (unpaired) electrons. The van der Waals surface area contributed by atoms with E-state index in [-0.39, 0.29) is 17.2 Å². The Labute approximate surface area is 109 Å². The first-order chi connectivity index (χ1) is 8.43. The third-order valence-electron chi connectivity index (χ3n) is 3.75. The van der Waals surface area contributed by atoms with Crippen molar-refractivity contribution in [3.63, 3.8) is 0 Å². The fraction of sp³-hybridized carbons (Fsp3) is 0.438. The molecule has 1 aliphatic rings. The lowest BCUT2D eigenvalue weighted by molar-refractivity contribution is -0.118. The van der Waals surface area contributed by atoms with Crippen LogP contribution in [-0.2, 0) is 4.79 Å². The van der Waals surface area contributed by atoms with Crippen LogP contribution < -0.4 is 5.32 Å². The molecule has 2 nitrogen and oxygen atoms in total. The molecule has 18 heavy (non-hydrogen) atoms. The Balaban J connectivity index is 2.05. The van der Waals surface area contributed by atoms with Gasteiger partial charge in [-0.2, -0.15) is 0 Å². The van der Waals surface area contributed by atoms with Crippen LogP contribution >= 0.6 is 0 Å². The van der Waals surface area contributed by atoms with E-state index in [1.165, 1.54) is 5.57 Å². The second-order valence-electron chi connectivity index (χ2n) is 5.92. The summed E-state index contributed by atoms with van der Waals surface area (Å²) in [6.45, 7) is 8.49. The van der Waals surface area contributed by atoms with Crippen molar-refractivity contribution in [1.29, 1.82) is 0 Å². The van der Waals surface area contributed by atoms with Gasteiger partial charge >= 0.3 is 0 Å². The molecule has 1 N–H and O–H groups in total. The van der Waals surface area contributed by atoms with Gasteiger partial charge in [0, 0.05) is 5.69 Å². The van der Waals surface area contributed by atoms with Crippen LogP contribution in [0.25, 0.3) is 0 Å². The third kappa shape index (κ3) is 2.47. The monoisotopic (exact) mass is 243 g/mol. The van der Waals surface area contributed by atoms with Crippen molar-refractivity contribution >= 4 is 11.6 Å². The van der Waals surface area contributed by atoms with E-state index < -0.39 is 0 Å². The zero-order chi connectivity index (χ0) is 13.3. The van der Waals surface area contributed by atoms with E-state index in [2.05, 4.69) is 39.1 Å². The molecule has 2 atom stereocenters. The van der Waals surface area contributed by atoms with E-state index in [1.807, 2.05) is 30.3 Å². The summed E-state index contributed by atoms with van der Waals surface area (Å²) in [7, 11) is 0. The first-order valence-corrected chi connectivity index (χ1v) is 6.44. The quantitative estimate of drug-likeness (QED) is 0.802. The Morgan fingerprint density at radius 1 is 1.22 bits per heavy atom. The van der Waals surface area contributed by atoms with Crippen molar-refractivity contribution in [3.8, 4) is 0 Å². The average Bonchev–Trinajstić information content (AvgIpc) is 2.80. The fourth-order valence-electron chi connectivity index (χ4n) is 2.59. The predicted octanol–water partition coefficient (Wildman–Crippen LogP) is 3.86. The molecule has 0 unspecified atom stereocenters. The number of para-hydroxylation sites is 1. The molecule has 1 fully saturated rings. The lowest BCUT2D eigenvalue weighted by Crippen LogP contribution is -2.16. The highest BCUT2D eigenvalue weighted by atomic mass is 16.2. The Kier molecular flexibility index (Phi) is 3.29. The Morgan fingerprint density at radius 2 is 1.83 bits per heavy atom. The first kappa shape index (κ1) is 12.9. The highest BCUT2D eigenvalue weighted by molar-refractivity contribution is 5.95. The third-order valence-corrected chi connectivity index (χ3v) is 3.75. The Morgan fingerprint density at radius 3 is 2.39 bits per heavy atom. The van der Waals surface area contributed by atoms with E-state index in [0.29, 0.717) is 5.92 Å². The smallest absolute Gasteiger partial charge is 0.228 e. The van der Waals surface area contributed by atoms with Crippen LogP contribution in [0.3, 0.4) is 0 Å². The zero-order valence-electron chi connectivity index (χ0n) is 11.5. The van der Waals surface area contributed by atoms with Crippen LogP contribution in [0.15, 0.2) is 42.0 Å². The molecule has 0 spiro atoms. The van der Waals surface area contributed by atoms with Crippen LogP contribution in [0.2, 0.25) is 0 Å². The minimum Gasteiger partial charge on any atom is -0.326 e. The van der Waals surface area contributed by atoms with Crippen molar-refractivity contribution in [1.82, 2.24) is 0 Å². The summed E-state index contributed by atoms with van der Waals surface area (Å²) in [5, 5.41) is 2.99. The lowest BCUT2D eigenvalue weighted by Gasteiger charge is -2.05. The molecule has 0 heterocycles. The molecule has 1 aliphatic carbocycles. The second-order valence-corrected chi connectivity index (χ2v) is 5.92. The number of nitrogens with one attached hydrogen (secondary N) is 1. The van der Waals surface area contributed by atoms with Gasteiger partial charge in [-0.15, -0.1) is 0 Å². The van der Waals surface area contributed by atoms with E-state index in [4.69, 9.17) is 0 Å². The van der Waals surface area contributed by atoms with Gasteiger partial charge in [-0.25, -0.2) is 0 Å². The number of amides is 1. The molecule has 1 amide bonds. The summed E-state index contributed by atoms with van der Waals surface area (Å²) >= 11 is 0. The van der Waals surface area contributed by atoms with Gasteiger partial charge in [-0.1, -0.05) is 43.7 Å². The van der Waals surface area contributed by atoms with Gasteiger partial charge in [-0.05, 0) is 37.3 Å². The number of rotatable bonds is 3. The van der Waals surface area contributed by atoms with Crippen LogP contribution in [0.5, 0.6) is 0 Å². The van der Waals surface area contributed by atoms with Crippen LogP contribution in [0.4, 0.5) is 5.69 Å². The summed E-state index contributed by atoms with van der Waals surface area (Å²) in [6, 6.07) is 9.65. The minimum absolute atomic E-state index is 0.0795. The fourth-order valence-corrected chi connectivity index (χ4v) is 2.59. The zero-order valence-corrected chi connectivity index (χ0v) is 11.5. The summed E-state index contributed by atoms with van der Waals surface area (Å²) < 4.78 is 0. The predicted molar refractivity (Wildman–Crippen MR) is 75.3 cm³/mol. The summed E-state index contributed by atoms with van der Waals surface area (Å²) in [5.41, 5.74) is 2.24. The van der Waals surface area contributed by atoms with E-state index in [1.54, 1.807) is 0 Å². The van der Waals surface area contributed by atoms with Gasteiger partial charge in [0.15, 0.2) is 0 Å². The number of carbonyl (C=O) groups is 1. The summed E-state index contributed by atoms with van der Waals surface area (Å²) in [6.07, 6.45) is 2.22.